The zero-order chi connectivity index (χ0) is 15.5. The van der Waals surface area contributed by atoms with Crippen molar-refractivity contribution in [2.24, 2.45) is 0 Å². The molecule has 2 aliphatic heterocycles. The maximum absolute atomic E-state index is 12.5. The molecule has 9 nitrogen and oxygen atoms in total. The minimum Gasteiger partial charge on any atom is -0.365 e. The fourth-order valence-electron chi connectivity index (χ4n) is 2.78. The second kappa shape index (κ2) is 6.30. The first-order valence-electron chi connectivity index (χ1n) is 7.41. The van der Waals surface area contributed by atoms with Crippen molar-refractivity contribution in [3.8, 4) is 0 Å². The van der Waals surface area contributed by atoms with Gasteiger partial charge in [0.1, 0.15) is 6.33 Å². The van der Waals surface area contributed by atoms with Crippen LogP contribution in [0.3, 0.4) is 0 Å². The highest BCUT2D eigenvalue weighted by Gasteiger charge is 2.32. The highest BCUT2D eigenvalue weighted by atomic mass is 16.5. The molecule has 3 heterocycles. The maximum atomic E-state index is 12.5. The van der Waals surface area contributed by atoms with Crippen LogP contribution in [0, 0.1) is 0 Å². The summed E-state index contributed by atoms with van der Waals surface area (Å²) in [5.74, 6) is 0.670. The summed E-state index contributed by atoms with van der Waals surface area (Å²) in [6.45, 7) is 5.44. The Hall–Kier alpha value is -2.16. The number of H-pyrrole nitrogens is 1. The van der Waals surface area contributed by atoms with Crippen molar-refractivity contribution < 1.29 is 14.3 Å². The molecule has 2 saturated heterocycles. The number of carbonyl (C=O) groups excluding carboxylic acids is 2. The monoisotopic (exact) mass is 308 g/mol. The fourth-order valence-corrected chi connectivity index (χ4v) is 2.78. The lowest BCUT2D eigenvalue weighted by atomic mass is 10.2. The normalized spacial score (nSPS) is 22.8. The van der Waals surface area contributed by atoms with Crippen LogP contribution in [0.25, 0.3) is 0 Å². The van der Waals surface area contributed by atoms with E-state index in [9.17, 15) is 9.59 Å². The van der Waals surface area contributed by atoms with Crippen molar-refractivity contribution in [2.75, 3.05) is 50.8 Å². The van der Waals surface area contributed by atoms with Gasteiger partial charge in [-0.25, -0.2) is 5.10 Å². The van der Waals surface area contributed by atoms with E-state index in [-0.39, 0.29) is 11.8 Å². The molecule has 0 spiro atoms. The summed E-state index contributed by atoms with van der Waals surface area (Å²) in [6, 6.07) is 0. The molecule has 0 aromatic carbocycles. The van der Waals surface area contributed by atoms with E-state index >= 15 is 0 Å². The molecule has 2 fully saturated rings. The first-order chi connectivity index (χ1) is 10.6. The molecule has 0 saturated carbocycles. The van der Waals surface area contributed by atoms with E-state index in [4.69, 9.17) is 4.74 Å². The van der Waals surface area contributed by atoms with Crippen molar-refractivity contribution in [2.45, 2.75) is 13.0 Å². The number of ether oxygens (including phenoxy) is 1. The average Bonchev–Trinajstić information content (AvgIpc) is 3.09. The number of morpholine rings is 1. The Balaban J connectivity index is 1.54. The number of piperazine rings is 1. The number of hydrogen-bond acceptors (Lipinski definition) is 6. The van der Waals surface area contributed by atoms with Crippen LogP contribution in [-0.2, 0) is 14.3 Å². The van der Waals surface area contributed by atoms with E-state index in [1.54, 1.807) is 9.80 Å². The summed E-state index contributed by atoms with van der Waals surface area (Å²) in [5, 5.41) is 6.66. The minimum atomic E-state index is -0.547. The highest BCUT2D eigenvalue weighted by Crippen LogP contribution is 2.13. The Morgan fingerprint density at radius 1 is 1.23 bits per heavy atom. The van der Waals surface area contributed by atoms with Crippen molar-refractivity contribution in [3.63, 3.8) is 0 Å². The number of nitrogens with zero attached hydrogens (tertiary/aromatic N) is 5. The van der Waals surface area contributed by atoms with Crippen molar-refractivity contribution in [1.29, 1.82) is 0 Å². The lowest BCUT2D eigenvalue weighted by Crippen LogP contribution is -2.56. The van der Waals surface area contributed by atoms with Gasteiger partial charge in [0.15, 0.2) is 6.10 Å². The van der Waals surface area contributed by atoms with Gasteiger partial charge in [-0.3, -0.25) is 9.59 Å². The van der Waals surface area contributed by atoms with Crippen LogP contribution >= 0.6 is 0 Å². The van der Waals surface area contributed by atoms with Gasteiger partial charge in [0.25, 0.3) is 5.91 Å². The number of aromatic amines is 1. The average molecular weight is 308 g/mol. The second-order valence-electron chi connectivity index (χ2n) is 5.45. The van der Waals surface area contributed by atoms with Crippen LogP contribution < -0.4 is 4.90 Å². The van der Waals surface area contributed by atoms with E-state index in [1.165, 1.54) is 13.3 Å². The Kier molecular flexibility index (Phi) is 4.23. The quantitative estimate of drug-likeness (QED) is 0.730. The van der Waals surface area contributed by atoms with Gasteiger partial charge >= 0.3 is 0 Å². The molecule has 2 amide bonds. The molecule has 1 atom stereocenters. The summed E-state index contributed by atoms with van der Waals surface area (Å²) in [7, 11) is 0. The SMILES string of the molecule is CC(=O)N1CCOC(C(=O)N2CCN(c3ncn[nH]3)CC2)C1. The van der Waals surface area contributed by atoms with E-state index in [0.717, 1.165) is 5.95 Å². The Morgan fingerprint density at radius 2 is 2.00 bits per heavy atom. The Labute approximate surface area is 128 Å². The van der Waals surface area contributed by atoms with E-state index < -0.39 is 6.10 Å². The lowest BCUT2D eigenvalue weighted by molar-refractivity contribution is -0.153. The fraction of sp³-hybridized carbons (Fsp3) is 0.692. The summed E-state index contributed by atoms with van der Waals surface area (Å²) in [4.78, 5) is 33.6. The molecular weight excluding hydrogens is 288 g/mol. The van der Waals surface area contributed by atoms with Crippen LogP contribution in [-0.4, -0.2) is 88.8 Å². The highest BCUT2D eigenvalue weighted by molar-refractivity contribution is 5.83. The van der Waals surface area contributed by atoms with Gasteiger partial charge in [-0.1, -0.05) is 0 Å². The molecule has 1 N–H and O–H groups in total. The van der Waals surface area contributed by atoms with Crippen LogP contribution in [0.4, 0.5) is 5.95 Å². The predicted octanol–water partition coefficient (Wildman–Crippen LogP) is -1.30. The number of hydrogen-bond donors (Lipinski definition) is 1. The predicted molar refractivity (Wildman–Crippen MR) is 77.2 cm³/mol. The molecule has 0 bridgehead atoms. The number of carbonyl (C=O) groups is 2. The molecule has 22 heavy (non-hydrogen) atoms. The third-order valence-electron chi connectivity index (χ3n) is 4.08. The standard InChI is InChI=1S/C13H20N6O3/c1-10(20)19-6-7-22-11(8-19)12(21)17-2-4-18(5-3-17)13-14-9-15-16-13/h9,11H,2-8H2,1H3,(H,14,15,16). The van der Waals surface area contributed by atoms with Crippen molar-refractivity contribution in [3.05, 3.63) is 6.33 Å². The zero-order valence-corrected chi connectivity index (χ0v) is 12.6. The third-order valence-corrected chi connectivity index (χ3v) is 4.08. The van der Waals surface area contributed by atoms with Gasteiger partial charge < -0.3 is 19.4 Å². The van der Waals surface area contributed by atoms with E-state index in [0.29, 0.717) is 45.9 Å². The number of anilines is 1. The molecule has 9 heteroatoms. The second-order valence-corrected chi connectivity index (χ2v) is 5.45. The topological polar surface area (TPSA) is 94.7 Å². The first kappa shape index (κ1) is 14.8. The van der Waals surface area contributed by atoms with Gasteiger partial charge in [0.05, 0.1) is 13.2 Å². The van der Waals surface area contributed by atoms with Crippen molar-refractivity contribution in [1.82, 2.24) is 25.0 Å². The number of aromatic nitrogens is 3. The summed E-state index contributed by atoms with van der Waals surface area (Å²) >= 11 is 0. The summed E-state index contributed by atoms with van der Waals surface area (Å²) in [5.41, 5.74) is 0. The Bertz CT molecular complexity index is 526. The molecule has 120 valence electrons. The van der Waals surface area contributed by atoms with E-state index in [1.807, 2.05) is 0 Å². The molecule has 0 radical (unpaired) electrons. The summed E-state index contributed by atoms with van der Waals surface area (Å²) < 4.78 is 5.55. The smallest absolute Gasteiger partial charge is 0.253 e. The largest absolute Gasteiger partial charge is 0.365 e. The molecular formula is C13H20N6O3. The molecule has 2 aliphatic rings. The number of amides is 2. The zero-order valence-electron chi connectivity index (χ0n) is 12.6. The summed E-state index contributed by atoms with van der Waals surface area (Å²) in [6.07, 6.45) is 0.925. The van der Waals surface area contributed by atoms with Gasteiger partial charge in [0, 0.05) is 39.6 Å². The molecule has 1 aromatic heterocycles. The van der Waals surface area contributed by atoms with Crippen LogP contribution in [0.15, 0.2) is 6.33 Å². The molecule has 1 aromatic rings. The third kappa shape index (κ3) is 3.03. The van der Waals surface area contributed by atoms with Gasteiger partial charge in [-0.15, -0.1) is 0 Å². The maximum Gasteiger partial charge on any atom is 0.253 e. The molecule has 0 aliphatic carbocycles. The van der Waals surface area contributed by atoms with Gasteiger partial charge in [-0.05, 0) is 0 Å². The molecule has 3 rings (SSSR count). The Morgan fingerprint density at radius 3 is 2.64 bits per heavy atom. The lowest BCUT2D eigenvalue weighted by Gasteiger charge is -2.38. The number of nitrogens with one attached hydrogen (secondary N) is 1. The van der Waals surface area contributed by atoms with Gasteiger partial charge in [-0.2, -0.15) is 10.1 Å². The van der Waals surface area contributed by atoms with Gasteiger partial charge in [0.2, 0.25) is 11.9 Å². The van der Waals surface area contributed by atoms with Crippen LogP contribution in [0.1, 0.15) is 6.92 Å². The number of rotatable bonds is 2. The van der Waals surface area contributed by atoms with Crippen LogP contribution in [0.5, 0.6) is 0 Å². The van der Waals surface area contributed by atoms with Crippen molar-refractivity contribution >= 4 is 17.8 Å². The van der Waals surface area contributed by atoms with Crippen LogP contribution in [0.2, 0.25) is 0 Å². The van der Waals surface area contributed by atoms with E-state index in [2.05, 4.69) is 20.1 Å². The molecule has 1 unspecified atom stereocenters. The first-order valence-corrected chi connectivity index (χ1v) is 7.41. The minimum absolute atomic E-state index is 0.0174.